The molecular weight excluding hydrogens is 438 g/mol. The molecule has 0 bridgehead atoms. The van der Waals surface area contributed by atoms with Crippen LogP contribution in [0.4, 0.5) is 5.69 Å². The maximum atomic E-state index is 12.7. The van der Waals surface area contributed by atoms with E-state index in [1.54, 1.807) is 29.8 Å². The molecule has 0 aliphatic rings. The number of hydrogen-bond acceptors (Lipinski definition) is 7. The third kappa shape index (κ3) is 4.65. The lowest BCUT2D eigenvalue weighted by atomic mass is 10.2. The second kappa shape index (κ2) is 8.32. The molecular formula is C21H17N3O5S2. The highest BCUT2D eigenvalue weighted by atomic mass is 32.2. The van der Waals surface area contributed by atoms with Crippen LogP contribution in [0.15, 0.2) is 75.9 Å². The van der Waals surface area contributed by atoms with Gasteiger partial charge in [-0.25, -0.2) is 18.2 Å². The number of hydrogen-bond donors (Lipinski definition) is 1. The Morgan fingerprint density at radius 2 is 1.97 bits per heavy atom. The molecule has 0 unspecified atom stereocenters. The van der Waals surface area contributed by atoms with Crippen molar-refractivity contribution in [3.8, 4) is 0 Å². The van der Waals surface area contributed by atoms with Crippen LogP contribution in [0.3, 0.4) is 0 Å². The van der Waals surface area contributed by atoms with Crippen molar-refractivity contribution in [2.45, 2.75) is 18.4 Å². The Kier molecular flexibility index (Phi) is 5.57. The summed E-state index contributed by atoms with van der Waals surface area (Å²) in [6.45, 7) is 1.65. The topological polar surface area (TPSA) is 107 Å². The lowest BCUT2D eigenvalue weighted by Crippen LogP contribution is -2.15. The SMILES string of the molecule is Cc1cccc(NS(=O)(=O)c2cccc(C(=O)OCc3cc(=O)n4ccsc4n3)c2)c1. The predicted octanol–water partition coefficient (Wildman–Crippen LogP) is 3.22. The summed E-state index contributed by atoms with van der Waals surface area (Å²) >= 11 is 1.29. The Bertz CT molecular complexity index is 1440. The third-order valence-corrected chi connectivity index (χ3v) is 6.49. The largest absolute Gasteiger partial charge is 0.456 e. The first-order valence-corrected chi connectivity index (χ1v) is 11.5. The fourth-order valence-corrected chi connectivity index (χ4v) is 4.73. The first-order valence-electron chi connectivity index (χ1n) is 9.14. The lowest BCUT2D eigenvalue weighted by Gasteiger charge is -2.10. The van der Waals surface area contributed by atoms with Crippen LogP contribution in [-0.2, 0) is 21.4 Å². The number of carbonyl (C=O) groups is 1. The number of aryl methyl sites for hydroxylation is 1. The molecule has 2 aromatic heterocycles. The minimum Gasteiger partial charge on any atom is -0.456 e. The van der Waals surface area contributed by atoms with Crippen LogP contribution >= 0.6 is 11.3 Å². The van der Waals surface area contributed by atoms with E-state index in [2.05, 4.69) is 9.71 Å². The van der Waals surface area contributed by atoms with Crippen molar-refractivity contribution in [2.24, 2.45) is 0 Å². The molecule has 4 aromatic rings. The molecule has 4 rings (SSSR count). The molecule has 2 heterocycles. The first-order chi connectivity index (χ1) is 14.8. The quantitative estimate of drug-likeness (QED) is 0.448. The molecule has 0 aliphatic carbocycles. The number of rotatable bonds is 6. The van der Waals surface area contributed by atoms with Crippen molar-refractivity contribution in [2.75, 3.05) is 4.72 Å². The van der Waals surface area contributed by atoms with Gasteiger partial charge in [0, 0.05) is 23.3 Å². The van der Waals surface area contributed by atoms with Gasteiger partial charge in [-0.3, -0.25) is 13.9 Å². The number of anilines is 1. The molecule has 31 heavy (non-hydrogen) atoms. The molecule has 0 spiro atoms. The Morgan fingerprint density at radius 1 is 1.16 bits per heavy atom. The van der Waals surface area contributed by atoms with Gasteiger partial charge in [0.15, 0.2) is 4.96 Å². The fraction of sp³-hybridized carbons (Fsp3) is 0.0952. The van der Waals surface area contributed by atoms with Crippen LogP contribution < -0.4 is 10.3 Å². The molecule has 2 aromatic carbocycles. The van der Waals surface area contributed by atoms with Gasteiger partial charge in [0.05, 0.1) is 16.2 Å². The normalized spacial score (nSPS) is 11.4. The van der Waals surface area contributed by atoms with E-state index < -0.39 is 16.0 Å². The van der Waals surface area contributed by atoms with Crippen molar-refractivity contribution in [3.63, 3.8) is 0 Å². The van der Waals surface area contributed by atoms with Gasteiger partial charge < -0.3 is 4.74 Å². The van der Waals surface area contributed by atoms with Crippen LogP contribution in [0.1, 0.15) is 21.6 Å². The average molecular weight is 456 g/mol. The van der Waals surface area contributed by atoms with Crippen molar-refractivity contribution in [3.05, 3.63) is 93.3 Å². The average Bonchev–Trinajstić information content (AvgIpc) is 3.21. The van der Waals surface area contributed by atoms with E-state index in [4.69, 9.17) is 4.74 Å². The van der Waals surface area contributed by atoms with Gasteiger partial charge in [0.25, 0.3) is 15.6 Å². The molecule has 0 aliphatic heterocycles. The second-order valence-electron chi connectivity index (χ2n) is 6.72. The number of nitrogens with zero attached hydrogens (tertiary/aromatic N) is 2. The van der Waals surface area contributed by atoms with Crippen LogP contribution in [0.5, 0.6) is 0 Å². The highest BCUT2D eigenvalue weighted by Gasteiger charge is 2.17. The summed E-state index contributed by atoms with van der Waals surface area (Å²) in [5, 5.41) is 1.73. The predicted molar refractivity (Wildman–Crippen MR) is 117 cm³/mol. The summed E-state index contributed by atoms with van der Waals surface area (Å²) in [6, 6.07) is 13.8. The van der Waals surface area contributed by atoms with E-state index in [9.17, 15) is 18.0 Å². The fourth-order valence-electron chi connectivity index (χ4n) is 2.90. The molecule has 0 fully saturated rings. The third-order valence-electron chi connectivity index (χ3n) is 4.36. The summed E-state index contributed by atoms with van der Waals surface area (Å²) < 4.78 is 34.5. The first kappa shape index (κ1) is 20.8. The summed E-state index contributed by atoms with van der Waals surface area (Å²) in [4.78, 5) is 29.2. The van der Waals surface area contributed by atoms with Crippen molar-refractivity contribution < 1.29 is 17.9 Å². The monoisotopic (exact) mass is 455 g/mol. The van der Waals surface area contributed by atoms with E-state index in [1.807, 2.05) is 13.0 Å². The zero-order chi connectivity index (χ0) is 22.0. The van der Waals surface area contributed by atoms with Crippen molar-refractivity contribution in [1.29, 1.82) is 0 Å². The van der Waals surface area contributed by atoms with E-state index >= 15 is 0 Å². The van der Waals surface area contributed by atoms with Gasteiger partial charge >= 0.3 is 5.97 Å². The van der Waals surface area contributed by atoms with E-state index in [0.717, 1.165) is 5.56 Å². The number of sulfonamides is 1. The van der Waals surface area contributed by atoms with Gasteiger partial charge in [-0.05, 0) is 42.8 Å². The molecule has 0 radical (unpaired) electrons. The number of esters is 1. The van der Waals surface area contributed by atoms with Crippen molar-refractivity contribution in [1.82, 2.24) is 9.38 Å². The Balaban J connectivity index is 1.50. The van der Waals surface area contributed by atoms with Gasteiger partial charge in [0.1, 0.15) is 6.61 Å². The minimum absolute atomic E-state index is 0.0696. The van der Waals surface area contributed by atoms with E-state index in [1.165, 1.54) is 46.1 Å². The van der Waals surface area contributed by atoms with Crippen molar-refractivity contribution >= 4 is 38.0 Å². The number of aromatic nitrogens is 2. The molecule has 0 amide bonds. The zero-order valence-corrected chi connectivity index (χ0v) is 17.9. The molecule has 158 valence electrons. The molecule has 0 saturated heterocycles. The van der Waals surface area contributed by atoms with E-state index in [0.29, 0.717) is 16.3 Å². The maximum Gasteiger partial charge on any atom is 0.338 e. The molecule has 10 heteroatoms. The molecule has 0 atom stereocenters. The van der Waals surface area contributed by atoms with Gasteiger partial charge in [-0.15, -0.1) is 11.3 Å². The second-order valence-corrected chi connectivity index (χ2v) is 9.28. The Hall–Kier alpha value is -3.50. The number of thiazole rings is 1. The number of benzene rings is 2. The lowest BCUT2D eigenvalue weighted by molar-refractivity contribution is 0.0467. The zero-order valence-electron chi connectivity index (χ0n) is 16.3. The molecule has 1 N–H and O–H groups in total. The van der Waals surface area contributed by atoms with E-state index in [-0.39, 0.29) is 22.6 Å². The smallest absolute Gasteiger partial charge is 0.338 e. The Labute approximate surface area is 181 Å². The van der Waals surface area contributed by atoms with Gasteiger partial charge in [-0.2, -0.15) is 0 Å². The number of ether oxygens (including phenoxy) is 1. The standard InChI is InChI=1S/C21H17N3O5S2/c1-14-4-2-6-16(10-14)23-31(27,28)18-7-3-5-15(11-18)20(26)29-13-17-12-19(25)24-8-9-30-21(24)22-17/h2-12,23H,13H2,1H3. The highest BCUT2D eigenvalue weighted by Crippen LogP contribution is 2.19. The van der Waals surface area contributed by atoms with Crippen LogP contribution in [-0.4, -0.2) is 23.8 Å². The maximum absolute atomic E-state index is 12.7. The summed E-state index contributed by atoms with van der Waals surface area (Å²) in [5.74, 6) is -0.721. The summed E-state index contributed by atoms with van der Waals surface area (Å²) in [7, 11) is -3.89. The summed E-state index contributed by atoms with van der Waals surface area (Å²) in [6.07, 6.45) is 1.61. The van der Waals surface area contributed by atoms with Crippen LogP contribution in [0.2, 0.25) is 0 Å². The summed E-state index contributed by atoms with van der Waals surface area (Å²) in [5.41, 5.74) is 1.44. The van der Waals surface area contributed by atoms with Crippen LogP contribution in [0, 0.1) is 6.92 Å². The minimum atomic E-state index is -3.89. The highest BCUT2D eigenvalue weighted by molar-refractivity contribution is 7.92. The van der Waals surface area contributed by atoms with Crippen LogP contribution in [0.25, 0.3) is 4.96 Å². The number of nitrogens with one attached hydrogen (secondary N) is 1. The molecule has 0 saturated carbocycles. The number of fused-ring (bicyclic) bond motifs is 1. The van der Waals surface area contributed by atoms with Gasteiger partial charge in [0.2, 0.25) is 0 Å². The molecule has 8 nitrogen and oxygen atoms in total. The number of carbonyl (C=O) groups excluding carboxylic acids is 1. The van der Waals surface area contributed by atoms with Gasteiger partial charge in [-0.1, -0.05) is 18.2 Å². The Morgan fingerprint density at radius 3 is 2.77 bits per heavy atom.